The van der Waals surface area contributed by atoms with Crippen molar-refractivity contribution in [1.82, 2.24) is 15.5 Å². The fraction of sp³-hybridized carbons (Fsp3) is 0.516. The second-order valence-electron chi connectivity index (χ2n) is 12.1. The van der Waals surface area contributed by atoms with Gasteiger partial charge in [0.25, 0.3) is 0 Å². The molecule has 2 aromatic carbocycles. The molecule has 2 saturated heterocycles. The van der Waals surface area contributed by atoms with E-state index in [1.807, 2.05) is 67.6 Å². The number of hydrogen-bond acceptors (Lipinski definition) is 4. The van der Waals surface area contributed by atoms with Crippen LogP contribution in [0.5, 0.6) is 0 Å². The molecule has 4 N–H and O–H groups in total. The molecule has 2 aliphatic heterocycles. The molecule has 8 heteroatoms. The highest BCUT2D eigenvalue weighted by molar-refractivity contribution is 5.94. The molecule has 0 aliphatic carbocycles. The van der Waals surface area contributed by atoms with Crippen LogP contribution in [0, 0.1) is 5.92 Å². The molecule has 0 aromatic heterocycles. The molecule has 2 aliphatic rings. The highest BCUT2D eigenvalue weighted by Gasteiger charge is 2.48. The number of carbonyl (C=O) groups is 3. The van der Waals surface area contributed by atoms with Crippen LogP contribution in [-0.2, 0) is 14.4 Å². The zero-order valence-electron chi connectivity index (χ0n) is 23.7. The van der Waals surface area contributed by atoms with Gasteiger partial charge in [0.1, 0.15) is 12.1 Å². The lowest BCUT2D eigenvalue weighted by Crippen LogP contribution is -2.59. The van der Waals surface area contributed by atoms with Crippen LogP contribution in [-0.4, -0.2) is 79.0 Å². The number of carbonyl (C=O) groups excluding carboxylic acids is 3. The molecule has 8 nitrogen and oxygen atoms in total. The van der Waals surface area contributed by atoms with Crippen LogP contribution in [0.15, 0.2) is 60.7 Å². The third-order valence-corrected chi connectivity index (χ3v) is 8.08. The van der Waals surface area contributed by atoms with Gasteiger partial charge in [-0.3, -0.25) is 14.4 Å². The van der Waals surface area contributed by atoms with Crippen molar-refractivity contribution in [1.29, 1.82) is 0 Å². The average Bonchev–Trinajstić information content (AvgIpc) is 3.31. The summed E-state index contributed by atoms with van der Waals surface area (Å²) >= 11 is 0. The van der Waals surface area contributed by atoms with Gasteiger partial charge in [0, 0.05) is 12.0 Å². The minimum atomic E-state index is -0.704. The smallest absolute Gasteiger partial charge is 0.246 e. The van der Waals surface area contributed by atoms with Crippen molar-refractivity contribution in [2.75, 3.05) is 27.7 Å². The van der Waals surface area contributed by atoms with Gasteiger partial charge in [0.2, 0.25) is 17.7 Å². The number of rotatable bonds is 9. The van der Waals surface area contributed by atoms with Crippen molar-refractivity contribution in [3.63, 3.8) is 0 Å². The number of hydrogen-bond donors (Lipinski definition) is 3. The second-order valence-corrected chi connectivity index (χ2v) is 12.1. The Balaban J connectivity index is 1.61. The molecule has 2 fully saturated rings. The van der Waals surface area contributed by atoms with E-state index in [0.29, 0.717) is 17.3 Å². The molecule has 2 aromatic rings. The molecule has 0 radical (unpaired) electrons. The number of quaternary nitrogens is 1. The number of nitrogens with one attached hydrogen (secondary N) is 2. The Morgan fingerprint density at radius 2 is 1.51 bits per heavy atom. The number of nitrogens with zero attached hydrogens (tertiary/aromatic N) is 2. The van der Waals surface area contributed by atoms with Crippen molar-refractivity contribution >= 4 is 17.7 Å². The summed E-state index contributed by atoms with van der Waals surface area (Å²) in [6.07, 6.45) is 3.49. The summed E-state index contributed by atoms with van der Waals surface area (Å²) in [4.78, 5) is 42.8. The third kappa shape index (κ3) is 6.86. The number of amides is 3. The van der Waals surface area contributed by atoms with Gasteiger partial charge in [-0.15, -0.1) is 0 Å². The topological polar surface area (TPSA) is 105 Å². The van der Waals surface area contributed by atoms with Crippen LogP contribution in [0.1, 0.15) is 56.2 Å². The highest BCUT2D eigenvalue weighted by atomic mass is 16.2. The third-order valence-electron chi connectivity index (χ3n) is 8.08. The van der Waals surface area contributed by atoms with Crippen molar-refractivity contribution < 1.29 is 18.9 Å². The fourth-order valence-electron chi connectivity index (χ4n) is 6.11. The predicted octanol–water partition coefficient (Wildman–Crippen LogP) is 2.59. The number of benzene rings is 2. The van der Waals surface area contributed by atoms with Crippen molar-refractivity contribution in [3.05, 3.63) is 71.8 Å². The Morgan fingerprint density at radius 1 is 0.949 bits per heavy atom. The zero-order chi connectivity index (χ0) is 28.2. The van der Waals surface area contributed by atoms with Crippen molar-refractivity contribution in [3.8, 4) is 0 Å². The molecule has 2 heterocycles. The van der Waals surface area contributed by atoms with Gasteiger partial charge >= 0.3 is 0 Å². The molecule has 3 amide bonds. The summed E-state index contributed by atoms with van der Waals surface area (Å²) < 4.78 is 0.675. The molecule has 0 saturated carbocycles. The normalized spacial score (nSPS) is 24.2. The molecular weight excluding hydrogens is 490 g/mol. The van der Waals surface area contributed by atoms with E-state index in [0.717, 1.165) is 36.9 Å². The summed E-state index contributed by atoms with van der Waals surface area (Å²) in [5.41, 5.74) is 8.00. The summed E-state index contributed by atoms with van der Waals surface area (Å²) in [6.45, 7) is 2.59. The molecule has 5 atom stereocenters. The molecule has 4 rings (SSSR count). The van der Waals surface area contributed by atoms with Gasteiger partial charge in [-0.2, -0.15) is 0 Å². The summed E-state index contributed by atoms with van der Waals surface area (Å²) in [6, 6.07) is 17.5. The van der Waals surface area contributed by atoms with E-state index in [9.17, 15) is 14.4 Å². The monoisotopic (exact) mass is 534 g/mol. The summed E-state index contributed by atoms with van der Waals surface area (Å²) in [5, 5.41) is 6.25. The average molecular weight is 535 g/mol. The van der Waals surface area contributed by atoms with E-state index in [1.165, 1.54) is 0 Å². The summed E-state index contributed by atoms with van der Waals surface area (Å²) in [7, 11) is 6.28. The zero-order valence-corrected chi connectivity index (χ0v) is 23.7. The quantitative estimate of drug-likeness (QED) is 0.430. The van der Waals surface area contributed by atoms with Gasteiger partial charge in [-0.1, -0.05) is 67.6 Å². The largest absolute Gasteiger partial charge is 0.343 e. The van der Waals surface area contributed by atoms with Gasteiger partial charge < -0.3 is 25.8 Å². The maximum Gasteiger partial charge on any atom is 0.246 e. The van der Waals surface area contributed by atoms with Crippen LogP contribution < -0.4 is 16.4 Å². The molecule has 0 spiro atoms. The fourth-order valence-corrected chi connectivity index (χ4v) is 6.11. The maximum absolute atomic E-state index is 14.2. The van der Waals surface area contributed by atoms with Crippen LogP contribution in [0.3, 0.4) is 0 Å². The molecular formula is C31H44N5O3+. The first-order valence-corrected chi connectivity index (χ1v) is 14.2. The van der Waals surface area contributed by atoms with Crippen molar-refractivity contribution in [2.45, 2.75) is 69.2 Å². The van der Waals surface area contributed by atoms with E-state index in [1.54, 1.807) is 4.90 Å². The lowest BCUT2D eigenvalue weighted by molar-refractivity contribution is -0.874. The maximum atomic E-state index is 14.2. The number of fused-ring (bicyclic) bond motifs is 1. The number of nitrogens with two attached hydrogens (primary N) is 1. The lowest BCUT2D eigenvalue weighted by atomic mass is 9.92. The Bertz CT molecular complexity index is 1090. The van der Waals surface area contributed by atoms with Crippen molar-refractivity contribution in [2.24, 2.45) is 11.7 Å². The van der Waals surface area contributed by atoms with Gasteiger partial charge in [-0.25, -0.2) is 0 Å². The minimum Gasteiger partial charge on any atom is -0.343 e. The molecule has 0 unspecified atom stereocenters. The Kier molecular flexibility index (Phi) is 9.08. The minimum absolute atomic E-state index is 0.0168. The van der Waals surface area contributed by atoms with E-state index in [2.05, 4.69) is 31.8 Å². The van der Waals surface area contributed by atoms with E-state index >= 15 is 0 Å². The molecule has 210 valence electrons. The molecule has 0 bridgehead atoms. The lowest BCUT2D eigenvalue weighted by Gasteiger charge is -2.35. The van der Waals surface area contributed by atoms with Gasteiger partial charge in [0.05, 0.1) is 39.8 Å². The predicted molar refractivity (Wildman–Crippen MR) is 152 cm³/mol. The summed E-state index contributed by atoms with van der Waals surface area (Å²) in [5.74, 6) is -0.680. The van der Waals surface area contributed by atoms with Gasteiger partial charge in [0.15, 0.2) is 0 Å². The van der Waals surface area contributed by atoms with E-state index in [-0.39, 0.29) is 35.7 Å². The highest BCUT2D eigenvalue weighted by Crippen LogP contribution is 2.35. The van der Waals surface area contributed by atoms with Crippen LogP contribution in [0.25, 0.3) is 0 Å². The van der Waals surface area contributed by atoms with Gasteiger partial charge in [-0.05, 0) is 43.2 Å². The Hall–Kier alpha value is -3.23. The SMILES string of the molecule is CC[C@H](N)C(=O)N[C@@H]1C(=O)N2[C@@H](CC[C@@H]1C[N+](C)(C)C)CC[C@H]2C(=O)NC(c1ccccc1)c1ccccc1. The van der Waals surface area contributed by atoms with Crippen LogP contribution in [0.4, 0.5) is 0 Å². The molecule has 39 heavy (non-hydrogen) atoms. The van der Waals surface area contributed by atoms with E-state index < -0.39 is 18.1 Å². The second kappa shape index (κ2) is 12.3. The van der Waals surface area contributed by atoms with Crippen LogP contribution in [0.2, 0.25) is 0 Å². The van der Waals surface area contributed by atoms with E-state index in [4.69, 9.17) is 5.73 Å². The first kappa shape index (κ1) is 28.8. The standard InChI is InChI=1S/C31H43N5O3/c1-5-25(32)29(37)34-28-23(20-36(2,3)4)16-17-24-18-19-26(35(24)31(28)39)30(38)33-27(21-12-8-6-9-13-21)22-14-10-7-11-15-22/h6-15,23-28H,5,16-20,32H2,1-4H3,(H-,33,34,37,38)/p+1/t23-,24+,25+,26+,28+/m1/s1. The first-order valence-electron chi connectivity index (χ1n) is 14.2. The first-order chi connectivity index (χ1) is 18.6. The van der Waals surface area contributed by atoms with Crippen LogP contribution >= 0.6 is 0 Å². The Labute approximate surface area is 232 Å². The Morgan fingerprint density at radius 3 is 2.05 bits per heavy atom.